The summed E-state index contributed by atoms with van der Waals surface area (Å²) in [5.41, 5.74) is 2.21. The van der Waals surface area contributed by atoms with E-state index in [0.29, 0.717) is 22.8 Å². The molecule has 0 heterocycles. The zero-order chi connectivity index (χ0) is 18.4. The minimum Gasteiger partial charge on any atom is -0.496 e. The average molecular weight is 362 g/mol. The van der Waals surface area contributed by atoms with Gasteiger partial charge in [-0.2, -0.15) is 0 Å². The SMILES string of the molecule is COc1cc(C)c(COC(=O)c2ccc(SC)cc2OC)cc1OC. The number of carbonyl (C=O) groups excluding carboxylic acids is 1. The summed E-state index contributed by atoms with van der Waals surface area (Å²) in [7, 11) is 4.69. The highest BCUT2D eigenvalue weighted by Gasteiger charge is 2.16. The molecule has 5 nitrogen and oxygen atoms in total. The zero-order valence-electron chi connectivity index (χ0n) is 15.0. The summed E-state index contributed by atoms with van der Waals surface area (Å²) in [5.74, 6) is 1.31. The molecule has 2 aromatic carbocycles. The standard InChI is InChI=1S/C19H22O5S/c1-12-8-17(22-3)18(23-4)9-13(12)11-24-19(20)15-7-6-14(25-5)10-16(15)21-2/h6-10H,11H2,1-5H3. The summed E-state index contributed by atoms with van der Waals surface area (Å²) in [5, 5.41) is 0. The second kappa shape index (κ2) is 8.67. The van der Waals surface area contributed by atoms with Crippen molar-refractivity contribution >= 4 is 17.7 Å². The van der Waals surface area contributed by atoms with Crippen LogP contribution >= 0.6 is 11.8 Å². The number of methoxy groups -OCH3 is 3. The van der Waals surface area contributed by atoms with Gasteiger partial charge in [-0.05, 0) is 54.6 Å². The van der Waals surface area contributed by atoms with Gasteiger partial charge in [0.25, 0.3) is 0 Å². The number of hydrogen-bond acceptors (Lipinski definition) is 6. The highest BCUT2D eigenvalue weighted by Crippen LogP contribution is 2.31. The maximum absolute atomic E-state index is 12.4. The second-order valence-corrected chi connectivity index (χ2v) is 6.16. The maximum atomic E-state index is 12.4. The van der Waals surface area contributed by atoms with Crippen LogP contribution in [-0.2, 0) is 11.3 Å². The van der Waals surface area contributed by atoms with Crippen LogP contribution in [0.15, 0.2) is 35.2 Å². The van der Waals surface area contributed by atoms with Gasteiger partial charge in [0.05, 0.1) is 21.3 Å². The fourth-order valence-electron chi connectivity index (χ4n) is 2.37. The van der Waals surface area contributed by atoms with Crippen LogP contribution in [0.3, 0.4) is 0 Å². The number of esters is 1. The summed E-state index contributed by atoms with van der Waals surface area (Å²) >= 11 is 1.58. The van der Waals surface area contributed by atoms with Crippen molar-refractivity contribution in [2.24, 2.45) is 0 Å². The van der Waals surface area contributed by atoms with Crippen LogP contribution in [0.4, 0.5) is 0 Å². The van der Waals surface area contributed by atoms with Crippen LogP contribution in [0.25, 0.3) is 0 Å². The molecule has 0 aliphatic carbocycles. The number of ether oxygens (including phenoxy) is 4. The van der Waals surface area contributed by atoms with E-state index in [2.05, 4.69) is 0 Å². The Balaban J connectivity index is 2.17. The first kappa shape index (κ1) is 19.0. The third-order valence-corrected chi connectivity index (χ3v) is 4.55. The lowest BCUT2D eigenvalue weighted by Gasteiger charge is -2.14. The lowest BCUT2D eigenvalue weighted by Crippen LogP contribution is -2.08. The quantitative estimate of drug-likeness (QED) is 0.546. The average Bonchev–Trinajstić information content (AvgIpc) is 2.65. The predicted octanol–water partition coefficient (Wildman–Crippen LogP) is 4.10. The number of hydrogen-bond donors (Lipinski definition) is 0. The molecule has 0 saturated carbocycles. The number of rotatable bonds is 7. The summed E-state index contributed by atoms with van der Waals surface area (Å²) in [6.07, 6.45) is 1.96. The zero-order valence-corrected chi connectivity index (χ0v) is 15.9. The molecular formula is C19H22O5S. The van der Waals surface area contributed by atoms with E-state index in [9.17, 15) is 4.79 Å². The van der Waals surface area contributed by atoms with Crippen molar-refractivity contribution in [3.63, 3.8) is 0 Å². The smallest absolute Gasteiger partial charge is 0.342 e. The van der Waals surface area contributed by atoms with Crippen LogP contribution in [0.1, 0.15) is 21.5 Å². The second-order valence-electron chi connectivity index (χ2n) is 5.28. The van der Waals surface area contributed by atoms with E-state index in [4.69, 9.17) is 18.9 Å². The van der Waals surface area contributed by atoms with Crippen molar-refractivity contribution in [3.05, 3.63) is 47.0 Å². The fourth-order valence-corrected chi connectivity index (χ4v) is 2.80. The Bertz CT molecular complexity index is 758. The number of aryl methyl sites for hydroxylation is 1. The molecule has 0 bridgehead atoms. The van der Waals surface area contributed by atoms with Crippen molar-refractivity contribution in [2.75, 3.05) is 27.6 Å². The van der Waals surface area contributed by atoms with Crippen molar-refractivity contribution in [1.82, 2.24) is 0 Å². The molecular weight excluding hydrogens is 340 g/mol. The van der Waals surface area contributed by atoms with E-state index in [-0.39, 0.29) is 6.61 Å². The van der Waals surface area contributed by atoms with Gasteiger partial charge in [-0.1, -0.05) is 0 Å². The molecule has 0 saturated heterocycles. The molecule has 0 aliphatic heterocycles. The molecule has 0 radical (unpaired) electrons. The van der Waals surface area contributed by atoms with Crippen molar-refractivity contribution < 1.29 is 23.7 Å². The Kier molecular flexibility index (Phi) is 6.58. The summed E-state index contributed by atoms with van der Waals surface area (Å²) in [6.45, 7) is 2.07. The Morgan fingerprint density at radius 1 is 0.960 bits per heavy atom. The van der Waals surface area contributed by atoms with Gasteiger partial charge in [0.1, 0.15) is 17.9 Å². The molecule has 0 aromatic heterocycles. The molecule has 0 spiro atoms. The Morgan fingerprint density at radius 3 is 2.20 bits per heavy atom. The van der Waals surface area contributed by atoms with Crippen LogP contribution in [0.2, 0.25) is 0 Å². The minimum atomic E-state index is -0.432. The molecule has 0 aliphatic rings. The first-order valence-electron chi connectivity index (χ1n) is 7.64. The third-order valence-electron chi connectivity index (χ3n) is 3.83. The molecule has 0 unspecified atom stereocenters. The van der Waals surface area contributed by atoms with Crippen LogP contribution < -0.4 is 14.2 Å². The first-order valence-corrected chi connectivity index (χ1v) is 8.87. The predicted molar refractivity (Wildman–Crippen MR) is 98.2 cm³/mol. The van der Waals surface area contributed by atoms with Crippen LogP contribution in [0, 0.1) is 6.92 Å². The first-order chi connectivity index (χ1) is 12.0. The summed E-state index contributed by atoms with van der Waals surface area (Å²) in [6, 6.07) is 9.08. The highest BCUT2D eigenvalue weighted by atomic mass is 32.2. The molecule has 134 valence electrons. The van der Waals surface area contributed by atoms with Crippen molar-refractivity contribution in [3.8, 4) is 17.2 Å². The normalized spacial score (nSPS) is 10.3. The van der Waals surface area contributed by atoms with E-state index < -0.39 is 5.97 Å². The van der Waals surface area contributed by atoms with E-state index in [1.54, 1.807) is 32.0 Å². The Labute approximate surface area is 152 Å². The monoisotopic (exact) mass is 362 g/mol. The number of thioether (sulfide) groups is 1. The maximum Gasteiger partial charge on any atom is 0.342 e. The molecule has 0 fully saturated rings. The highest BCUT2D eigenvalue weighted by molar-refractivity contribution is 7.98. The van der Waals surface area contributed by atoms with E-state index in [0.717, 1.165) is 16.0 Å². The van der Waals surface area contributed by atoms with Gasteiger partial charge in [-0.25, -0.2) is 4.79 Å². The lowest BCUT2D eigenvalue weighted by molar-refractivity contribution is 0.0468. The van der Waals surface area contributed by atoms with Crippen LogP contribution in [-0.4, -0.2) is 33.6 Å². The van der Waals surface area contributed by atoms with Crippen LogP contribution in [0.5, 0.6) is 17.2 Å². The Hall–Kier alpha value is -2.34. The molecule has 6 heteroatoms. The molecule has 0 N–H and O–H groups in total. The largest absolute Gasteiger partial charge is 0.496 e. The molecule has 2 aromatic rings. The van der Waals surface area contributed by atoms with Gasteiger partial charge < -0.3 is 18.9 Å². The number of benzene rings is 2. The molecule has 0 atom stereocenters. The van der Waals surface area contributed by atoms with Gasteiger partial charge >= 0.3 is 5.97 Å². The molecule has 0 amide bonds. The molecule has 2 rings (SSSR count). The summed E-state index contributed by atoms with van der Waals surface area (Å²) < 4.78 is 21.3. The summed E-state index contributed by atoms with van der Waals surface area (Å²) in [4.78, 5) is 13.4. The van der Waals surface area contributed by atoms with E-state index in [1.165, 1.54) is 7.11 Å². The van der Waals surface area contributed by atoms with Gasteiger partial charge in [-0.15, -0.1) is 11.8 Å². The number of carbonyl (C=O) groups is 1. The minimum absolute atomic E-state index is 0.137. The lowest BCUT2D eigenvalue weighted by atomic mass is 10.1. The van der Waals surface area contributed by atoms with Gasteiger partial charge in [0, 0.05) is 4.90 Å². The van der Waals surface area contributed by atoms with E-state index in [1.807, 2.05) is 37.4 Å². The fraction of sp³-hybridized carbons (Fsp3) is 0.316. The van der Waals surface area contributed by atoms with Gasteiger partial charge in [-0.3, -0.25) is 0 Å². The van der Waals surface area contributed by atoms with Crippen molar-refractivity contribution in [1.29, 1.82) is 0 Å². The van der Waals surface area contributed by atoms with Crippen molar-refractivity contribution in [2.45, 2.75) is 18.4 Å². The van der Waals surface area contributed by atoms with Gasteiger partial charge in [0.15, 0.2) is 11.5 Å². The molecule has 25 heavy (non-hydrogen) atoms. The van der Waals surface area contributed by atoms with Gasteiger partial charge in [0.2, 0.25) is 0 Å². The van der Waals surface area contributed by atoms with E-state index >= 15 is 0 Å². The topological polar surface area (TPSA) is 54.0 Å². The third kappa shape index (κ3) is 4.39. The Morgan fingerprint density at radius 2 is 1.60 bits per heavy atom.